The molecule has 0 amide bonds. The zero-order chi connectivity index (χ0) is 12.2. The van der Waals surface area contributed by atoms with Crippen LogP contribution in [0.4, 0.5) is 0 Å². The van der Waals surface area contributed by atoms with Crippen LogP contribution in [0, 0.1) is 5.92 Å². The molecule has 1 fully saturated rings. The molecule has 0 spiro atoms. The van der Waals surface area contributed by atoms with Gasteiger partial charge in [-0.05, 0) is 25.7 Å². The van der Waals surface area contributed by atoms with Gasteiger partial charge in [0.05, 0.1) is 12.0 Å². The van der Waals surface area contributed by atoms with Crippen molar-refractivity contribution < 1.29 is 15.0 Å². The Morgan fingerprint density at radius 2 is 2.31 bits per heavy atom. The summed E-state index contributed by atoms with van der Waals surface area (Å²) >= 11 is 0. The minimum absolute atomic E-state index is 0.0845. The Labute approximate surface area is 97.0 Å². The lowest BCUT2D eigenvalue weighted by Crippen LogP contribution is -2.46. The largest absolute Gasteiger partial charge is 0.481 e. The van der Waals surface area contributed by atoms with E-state index in [1.165, 1.54) is 6.42 Å². The monoisotopic (exact) mass is 229 g/mol. The average molecular weight is 229 g/mol. The highest BCUT2D eigenvalue weighted by Crippen LogP contribution is 2.31. The van der Waals surface area contributed by atoms with E-state index in [4.69, 9.17) is 5.11 Å². The van der Waals surface area contributed by atoms with Crippen molar-refractivity contribution >= 4 is 5.97 Å². The number of aliphatic carboxylic acids is 1. The maximum Gasteiger partial charge on any atom is 0.304 e. The van der Waals surface area contributed by atoms with Gasteiger partial charge in [-0.15, -0.1) is 0 Å². The third-order valence-electron chi connectivity index (χ3n) is 3.33. The van der Waals surface area contributed by atoms with Crippen molar-refractivity contribution in [1.29, 1.82) is 0 Å². The van der Waals surface area contributed by atoms with Crippen LogP contribution in [0.25, 0.3) is 0 Å². The molecule has 3 atom stereocenters. The zero-order valence-electron chi connectivity index (χ0n) is 10.2. The fraction of sp³-hybridized carbons (Fsp3) is 0.917. The summed E-state index contributed by atoms with van der Waals surface area (Å²) in [6.07, 6.45) is 4.00. The highest BCUT2D eigenvalue weighted by molar-refractivity contribution is 5.67. The van der Waals surface area contributed by atoms with Crippen molar-refractivity contribution in [2.75, 3.05) is 6.54 Å². The van der Waals surface area contributed by atoms with Crippen LogP contribution < -0.4 is 5.32 Å². The van der Waals surface area contributed by atoms with Crippen LogP contribution in [0.5, 0.6) is 0 Å². The molecule has 0 saturated heterocycles. The normalized spacial score (nSPS) is 32.3. The SMILES string of the molecule is CC1CCCC(O)(CNC(C)CC(=O)O)C1. The molecule has 1 aliphatic carbocycles. The number of rotatable bonds is 5. The number of aliphatic hydroxyl groups is 1. The molecule has 16 heavy (non-hydrogen) atoms. The second-order valence-electron chi connectivity index (χ2n) is 5.31. The van der Waals surface area contributed by atoms with Crippen molar-refractivity contribution in [3.05, 3.63) is 0 Å². The second kappa shape index (κ2) is 5.64. The van der Waals surface area contributed by atoms with E-state index in [2.05, 4.69) is 12.2 Å². The van der Waals surface area contributed by atoms with Crippen LogP contribution >= 0.6 is 0 Å². The fourth-order valence-electron chi connectivity index (χ4n) is 2.49. The van der Waals surface area contributed by atoms with E-state index < -0.39 is 11.6 Å². The van der Waals surface area contributed by atoms with Crippen LogP contribution in [0.2, 0.25) is 0 Å². The molecule has 0 radical (unpaired) electrons. The molecule has 0 aromatic heterocycles. The molecule has 0 aliphatic heterocycles. The smallest absolute Gasteiger partial charge is 0.304 e. The number of nitrogens with one attached hydrogen (secondary N) is 1. The van der Waals surface area contributed by atoms with Crippen LogP contribution in [-0.2, 0) is 4.79 Å². The Kier molecular flexibility index (Phi) is 4.74. The minimum atomic E-state index is -0.802. The highest BCUT2D eigenvalue weighted by atomic mass is 16.4. The van der Waals surface area contributed by atoms with Gasteiger partial charge in [-0.1, -0.05) is 19.8 Å². The maximum absolute atomic E-state index is 10.5. The van der Waals surface area contributed by atoms with E-state index in [0.29, 0.717) is 12.5 Å². The van der Waals surface area contributed by atoms with E-state index in [1.54, 1.807) is 0 Å². The molecule has 4 nitrogen and oxygen atoms in total. The Morgan fingerprint density at radius 3 is 2.88 bits per heavy atom. The van der Waals surface area contributed by atoms with Gasteiger partial charge in [0.25, 0.3) is 0 Å². The first kappa shape index (κ1) is 13.5. The third-order valence-corrected chi connectivity index (χ3v) is 3.33. The Bertz CT molecular complexity index is 244. The molecule has 0 aromatic rings. The molecule has 0 aromatic carbocycles. The van der Waals surface area contributed by atoms with E-state index in [9.17, 15) is 9.90 Å². The Hall–Kier alpha value is -0.610. The maximum atomic E-state index is 10.5. The number of carboxylic acid groups (broad SMARTS) is 1. The number of hydrogen-bond donors (Lipinski definition) is 3. The second-order valence-corrected chi connectivity index (χ2v) is 5.31. The quantitative estimate of drug-likeness (QED) is 0.666. The van der Waals surface area contributed by atoms with Crippen LogP contribution in [0.1, 0.15) is 46.0 Å². The van der Waals surface area contributed by atoms with Gasteiger partial charge < -0.3 is 15.5 Å². The van der Waals surface area contributed by atoms with Gasteiger partial charge in [-0.3, -0.25) is 4.79 Å². The molecule has 3 unspecified atom stereocenters. The minimum Gasteiger partial charge on any atom is -0.481 e. The lowest BCUT2D eigenvalue weighted by molar-refractivity contribution is -0.137. The third kappa shape index (κ3) is 4.49. The predicted molar refractivity (Wildman–Crippen MR) is 62.3 cm³/mol. The van der Waals surface area contributed by atoms with Crippen molar-refractivity contribution in [1.82, 2.24) is 5.32 Å². The molecule has 94 valence electrons. The summed E-state index contributed by atoms with van der Waals surface area (Å²) in [5, 5.41) is 22.1. The summed E-state index contributed by atoms with van der Waals surface area (Å²) in [5.41, 5.74) is -0.634. The number of hydrogen-bond acceptors (Lipinski definition) is 3. The Balaban J connectivity index is 2.32. The van der Waals surface area contributed by atoms with Gasteiger partial charge >= 0.3 is 5.97 Å². The summed E-state index contributed by atoms with van der Waals surface area (Å²) in [7, 11) is 0. The molecule has 1 saturated carbocycles. The van der Waals surface area contributed by atoms with E-state index in [0.717, 1.165) is 19.3 Å². The lowest BCUT2D eigenvalue weighted by atomic mass is 9.79. The molecule has 3 N–H and O–H groups in total. The summed E-state index contributed by atoms with van der Waals surface area (Å²) in [4.78, 5) is 10.5. The molecule has 0 bridgehead atoms. The zero-order valence-corrected chi connectivity index (χ0v) is 10.2. The highest BCUT2D eigenvalue weighted by Gasteiger charge is 2.32. The van der Waals surface area contributed by atoms with Gasteiger partial charge in [-0.2, -0.15) is 0 Å². The van der Waals surface area contributed by atoms with Gasteiger partial charge in [0.15, 0.2) is 0 Å². The van der Waals surface area contributed by atoms with Gasteiger partial charge in [0.2, 0.25) is 0 Å². The predicted octanol–water partition coefficient (Wildman–Crippen LogP) is 1.38. The first-order chi connectivity index (χ1) is 7.41. The topological polar surface area (TPSA) is 69.6 Å². The number of carbonyl (C=O) groups is 1. The molecule has 1 aliphatic rings. The van der Waals surface area contributed by atoms with Crippen LogP contribution in [0.3, 0.4) is 0 Å². The first-order valence-electron chi connectivity index (χ1n) is 6.09. The van der Waals surface area contributed by atoms with Gasteiger partial charge in [0, 0.05) is 12.6 Å². The summed E-state index contributed by atoms with van der Waals surface area (Å²) in [6.45, 7) is 4.50. The van der Waals surface area contributed by atoms with Gasteiger partial charge in [-0.25, -0.2) is 0 Å². The molecule has 4 heteroatoms. The standard InChI is InChI=1S/C12H23NO3/c1-9-4-3-5-12(16,7-9)8-13-10(2)6-11(14)15/h9-10,13,16H,3-8H2,1-2H3,(H,14,15). The number of carboxylic acids is 1. The van der Waals surface area contributed by atoms with Crippen LogP contribution in [0.15, 0.2) is 0 Å². The Morgan fingerprint density at radius 1 is 1.62 bits per heavy atom. The summed E-state index contributed by atoms with van der Waals surface area (Å²) < 4.78 is 0. The molecular formula is C12H23NO3. The fourth-order valence-corrected chi connectivity index (χ4v) is 2.49. The van der Waals surface area contributed by atoms with Crippen molar-refractivity contribution in [2.24, 2.45) is 5.92 Å². The van der Waals surface area contributed by atoms with Crippen molar-refractivity contribution in [3.63, 3.8) is 0 Å². The van der Waals surface area contributed by atoms with Crippen LogP contribution in [-0.4, -0.2) is 34.4 Å². The molecular weight excluding hydrogens is 206 g/mol. The van der Waals surface area contributed by atoms with E-state index in [1.807, 2.05) is 6.92 Å². The van der Waals surface area contributed by atoms with E-state index in [-0.39, 0.29) is 12.5 Å². The lowest BCUT2D eigenvalue weighted by Gasteiger charge is -2.36. The van der Waals surface area contributed by atoms with Gasteiger partial charge in [0.1, 0.15) is 0 Å². The van der Waals surface area contributed by atoms with Crippen molar-refractivity contribution in [2.45, 2.75) is 57.6 Å². The van der Waals surface area contributed by atoms with E-state index >= 15 is 0 Å². The average Bonchev–Trinajstić information content (AvgIpc) is 2.13. The summed E-state index contributed by atoms with van der Waals surface area (Å²) in [6, 6.07) is -0.0845. The summed E-state index contributed by atoms with van der Waals surface area (Å²) in [5.74, 6) is -0.237. The molecule has 1 rings (SSSR count). The molecule has 0 heterocycles. The van der Waals surface area contributed by atoms with Crippen molar-refractivity contribution in [3.8, 4) is 0 Å². The first-order valence-corrected chi connectivity index (χ1v) is 6.09.